The molecule has 0 atom stereocenters. The third-order valence-corrected chi connectivity index (χ3v) is 21.3. The molecule has 3 heteroatoms. The van der Waals surface area contributed by atoms with Gasteiger partial charge in [-0.2, -0.15) is 0 Å². The Labute approximate surface area is 188 Å². The zero-order chi connectivity index (χ0) is 22.9. The molecular weight excluding hydrogens is 400 g/mol. The summed E-state index contributed by atoms with van der Waals surface area (Å²) in [6.07, 6.45) is 0. The molecule has 0 unspecified atom stereocenters. The van der Waals surface area contributed by atoms with Gasteiger partial charge in [0.25, 0.3) is 0 Å². The van der Waals surface area contributed by atoms with E-state index in [1.807, 2.05) is 0 Å². The van der Waals surface area contributed by atoms with Crippen LogP contribution in [0.3, 0.4) is 0 Å². The molecule has 0 fully saturated rings. The molecule has 0 bridgehead atoms. The van der Waals surface area contributed by atoms with Gasteiger partial charge in [0.05, 0.1) is 0 Å². The van der Waals surface area contributed by atoms with Gasteiger partial charge in [-0.05, 0) is 0 Å². The molecule has 0 radical (unpaired) electrons. The number of para-hydroxylation sites is 2. The Balaban J connectivity index is 2.73. The molecule has 2 aromatic rings. The Morgan fingerprint density at radius 1 is 0.533 bits per heavy atom. The standard InChI is InChI=1S/C27H47NP2/c1-20(2)29(10,21(3)4)26-18-14-12-16-24(26)28(9)25-17-13-15-19-27(25)30(11,22(5)6)23(7)8/h12-23,29-30H,1-11H3. The fourth-order valence-corrected chi connectivity index (χ4v) is 12.8. The van der Waals surface area contributed by atoms with Crippen LogP contribution in [0.5, 0.6) is 0 Å². The number of benzene rings is 2. The third-order valence-electron chi connectivity index (χ3n) is 8.49. The summed E-state index contributed by atoms with van der Waals surface area (Å²) in [5.41, 5.74) is 5.62. The zero-order valence-corrected chi connectivity index (χ0v) is 23.4. The van der Waals surface area contributed by atoms with Crippen molar-refractivity contribution < 1.29 is 0 Å². The van der Waals surface area contributed by atoms with Crippen LogP contribution in [0.4, 0.5) is 11.4 Å². The van der Waals surface area contributed by atoms with E-state index in [1.165, 1.54) is 11.4 Å². The Hall–Kier alpha value is -0.900. The van der Waals surface area contributed by atoms with E-state index in [0.717, 1.165) is 0 Å². The van der Waals surface area contributed by atoms with E-state index in [9.17, 15) is 0 Å². The van der Waals surface area contributed by atoms with Crippen molar-refractivity contribution in [3.63, 3.8) is 0 Å². The summed E-state index contributed by atoms with van der Waals surface area (Å²) in [6.45, 7) is 24.6. The summed E-state index contributed by atoms with van der Waals surface area (Å²) in [4.78, 5) is 2.51. The van der Waals surface area contributed by atoms with E-state index in [4.69, 9.17) is 0 Å². The summed E-state index contributed by atoms with van der Waals surface area (Å²) >= 11 is 0. The molecule has 2 aromatic carbocycles. The fraction of sp³-hybridized carbons (Fsp3) is 0.556. The average molecular weight is 448 g/mol. The maximum absolute atomic E-state index is 2.59. The van der Waals surface area contributed by atoms with Gasteiger partial charge < -0.3 is 0 Å². The van der Waals surface area contributed by atoms with Crippen molar-refractivity contribution >= 4 is 36.5 Å². The topological polar surface area (TPSA) is 3.24 Å². The average Bonchev–Trinajstić information content (AvgIpc) is 2.71. The molecule has 0 aliphatic rings. The molecule has 0 aliphatic carbocycles. The molecular formula is C27H47NP2. The van der Waals surface area contributed by atoms with E-state index in [-0.39, 0.29) is 0 Å². The van der Waals surface area contributed by atoms with Gasteiger partial charge in [0.2, 0.25) is 0 Å². The molecule has 0 N–H and O–H groups in total. The number of rotatable bonds is 8. The molecule has 170 valence electrons. The van der Waals surface area contributed by atoms with E-state index in [2.05, 4.69) is 129 Å². The molecule has 0 spiro atoms. The van der Waals surface area contributed by atoms with Gasteiger partial charge >= 0.3 is 188 Å². The first-order valence-electron chi connectivity index (χ1n) is 11.8. The van der Waals surface area contributed by atoms with Gasteiger partial charge in [-0.1, -0.05) is 0 Å². The molecule has 0 heterocycles. The Kier molecular flexibility index (Phi) is 8.21. The summed E-state index contributed by atoms with van der Waals surface area (Å²) < 4.78 is 0. The van der Waals surface area contributed by atoms with Gasteiger partial charge in [-0.25, -0.2) is 0 Å². The maximum atomic E-state index is 2.59. The number of nitrogens with zero attached hydrogens (tertiary/aromatic N) is 1. The molecule has 30 heavy (non-hydrogen) atoms. The second-order valence-electron chi connectivity index (χ2n) is 10.8. The van der Waals surface area contributed by atoms with Crippen molar-refractivity contribution in [1.82, 2.24) is 0 Å². The van der Waals surface area contributed by atoms with Crippen LogP contribution in [-0.4, -0.2) is 43.0 Å². The molecule has 0 saturated carbocycles. The van der Waals surface area contributed by atoms with Crippen LogP contribution in [0.2, 0.25) is 0 Å². The van der Waals surface area contributed by atoms with Crippen LogP contribution >= 0.6 is 14.5 Å². The second kappa shape index (κ2) is 9.71. The van der Waals surface area contributed by atoms with Crippen LogP contribution < -0.4 is 15.5 Å². The van der Waals surface area contributed by atoms with Gasteiger partial charge in [0, 0.05) is 0 Å². The van der Waals surface area contributed by atoms with Crippen LogP contribution in [-0.2, 0) is 0 Å². The second-order valence-corrected chi connectivity index (χ2v) is 21.6. The van der Waals surface area contributed by atoms with Crippen LogP contribution in [0.1, 0.15) is 55.4 Å². The summed E-state index contributed by atoms with van der Waals surface area (Å²) in [5, 5.41) is 3.20. The molecule has 0 amide bonds. The van der Waals surface area contributed by atoms with Crippen molar-refractivity contribution in [3.8, 4) is 0 Å². The first-order valence-corrected chi connectivity index (χ1v) is 17.1. The van der Waals surface area contributed by atoms with E-state index in [0.29, 0.717) is 22.6 Å². The summed E-state index contributed by atoms with van der Waals surface area (Å²) in [6, 6.07) is 18.5. The minimum atomic E-state index is -1.66. The Morgan fingerprint density at radius 3 is 1.07 bits per heavy atom. The van der Waals surface area contributed by atoms with Gasteiger partial charge in [-0.3, -0.25) is 0 Å². The summed E-state index contributed by atoms with van der Waals surface area (Å²) in [5.74, 6) is 0. The quantitative estimate of drug-likeness (QED) is 0.390. The van der Waals surface area contributed by atoms with Crippen LogP contribution in [0, 0.1) is 0 Å². The first kappa shape index (κ1) is 25.4. The Bertz CT molecular complexity index is 753. The number of hydrogen-bond donors (Lipinski definition) is 0. The van der Waals surface area contributed by atoms with E-state index in [1.54, 1.807) is 10.6 Å². The predicted molar refractivity (Wildman–Crippen MR) is 149 cm³/mol. The monoisotopic (exact) mass is 447 g/mol. The van der Waals surface area contributed by atoms with Gasteiger partial charge in [0.15, 0.2) is 0 Å². The normalized spacial score (nSPS) is 14.1. The molecule has 0 saturated heterocycles. The SMILES string of the molecule is CC(C)[PH](C)(c1ccccc1N(C)c1ccccc1[PH](C)(C(C)C)C(C)C)C(C)C. The predicted octanol–water partition coefficient (Wildman–Crippen LogP) is 7.10. The molecule has 1 nitrogen and oxygen atoms in total. The van der Waals surface area contributed by atoms with E-state index >= 15 is 0 Å². The van der Waals surface area contributed by atoms with Crippen molar-refractivity contribution in [2.45, 2.75) is 78.0 Å². The third kappa shape index (κ3) is 4.36. The first-order chi connectivity index (χ1) is 13.9. The van der Waals surface area contributed by atoms with Crippen molar-refractivity contribution in [2.75, 3.05) is 25.3 Å². The van der Waals surface area contributed by atoms with Crippen molar-refractivity contribution in [1.29, 1.82) is 0 Å². The van der Waals surface area contributed by atoms with E-state index < -0.39 is 14.5 Å². The molecule has 2 rings (SSSR count). The van der Waals surface area contributed by atoms with Crippen LogP contribution in [0.15, 0.2) is 48.5 Å². The molecule has 0 aromatic heterocycles. The minimum absolute atomic E-state index is 0.702. The van der Waals surface area contributed by atoms with Crippen molar-refractivity contribution in [2.24, 2.45) is 0 Å². The number of anilines is 2. The Morgan fingerprint density at radius 2 is 0.800 bits per heavy atom. The summed E-state index contributed by atoms with van der Waals surface area (Å²) in [7, 11) is -1.02. The fourth-order valence-electron chi connectivity index (χ4n) is 5.15. The van der Waals surface area contributed by atoms with Crippen molar-refractivity contribution in [3.05, 3.63) is 48.5 Å². The zero-order valence-electron chi connectivity index (χ0n) is 21.4. The molecule has 0 aliphatic heterocycles. The number of hydrogen-bond acceptors (Lipinski definition) is 1. The van der Waals surface area contributed by atoms with Crippen LogP contribution in [0.25, 0.3) is 0 Å². The van der Waals surface area contributed by atoms with Gasteiger partial charge in [-0.15, -0.1) is 0 Å². The van der Waals surface area contributed by atoms with Gasteiger partial charge in [0.1, 0.15) is 0 Å².